The average Bonchev–Trinajstić information content (AvgIpc) is 3.24. The number of piperidine rings is 1. The number of nitrogens with zero attached hydrogens (tertiary/aromatic N) is 5. The number of carbonyl (C=O) groups is 1. The van der Waals surface area contributed by atoms with E-state index in [1.165, 1.54) is 12.8 Å². The third-order valence-corrected chi connectivity index (χ3v) is 4.04. The average molecular weight is 317 g/mol. The Morgan fingerprint density at radius 2 is 2.35 bits per heavy atom. The molecule has 1 saturated heterocycles. The van der Waals surface area contributed by atoms with Crippen LogP contribution >= 0.6 is 0 Å². The number of nitrogens with one attached hydrogen (secondary N) is 2. The van der Waals surface area contributed by atoms with Crippen molar-refractivity contribution < 1.29 is 4.79 Å². The third kappa shape index (κ3) is 4.62. The molecule has 1 atom stereocenters. The van der Waals surface area contributed by atoms with Gasteiger partial charge in [0, 0.05) is 37.9 Å². The number of amides is 1. The van der Waals surface area contributed by atoms with Crippen LogP contribution in [0.4, 0.5) is 0 Å². The number of aryl methyl sites for hydroxylation is 1. The molecular formula is C15H23N7O. The van der Waals surface area contributed by atoms with Gasteiger partial charge in [0.2, 0.25) is 5.91 Å². The van der Waals surface area contributed by atoms with Crippen molar-refractivity contribution in [2.75, 3.05) is 19.6 Å². The molecular weight excluding hydrogens is 294 g/mol. The zero-order valence-corrected chi connectivity index (χ0v) is 13.2. The molecule has 1 fully saturated rings. The molecule has 124 valence electrons. The second kappa shape index (κ2) is 7.87. The molecule has 3 heterocycles. The molecule has 8 nitrogen and oxygen atoms in total. The van der Waals surface area contributed by atoms with Crippen molar-refractivity contribution in [3.63, 3.8) is 0 Å². The predicted molar refractivity (Wildman–Crippen MR) is 84.7 cm³/mol. The first-order chi connectivity index (χ1) is 11.3. The van der Waals surface area contributed by atoms with Crippen molar-refractivity contribution in [2.24, 2.45) is 0 Å². The van der Waals surface area contributed by atoms with E-state index in [2.05, 4.69) is 26.0 Å². The normalized spacial score (nSPS) is 18.0. The first-order valence-corrected chi connectivity index (χ1v) is 8.16. The molecule has 0 aliphatic carbocycles. The summed E-state index contributed by atoms with van der Waals surface area (Å²) < 4.78 is 3.47. The lowest BCUT2D eigenvalue weighted by Gasteiger charge is -2.20. The van der Waals surface area contributed by atoms with Gasteiger partial charge in [-0.1, -0.05) is 5.21 Å². The van der Waals surface area contributed by atoms with Crippen LogP contribution in [0.3, 0.4) is 0 Å². The van der Waals surface area contributed by atoms with Gasteiger partial charge in [-0.2, -0.15) is 5.10 Å². The van der Waals surface area contributed by atoms with Gasteiger partial charge in [-0.05, 0) is 31.9 Å². The summed E-state index contributed by atoms with van der Waals surface area (Å²) in [5.41, 5.74) is 1.08. The molecule has 0 saturated carbocycles. The van der Waals surface area contributed by atoms with E-state index in [4.69, 9.17) is 0 Å². The SMILES string of the molecule is O=C(Cn1ccc([C@@H]2CCCNC2)n1)NCCCn1ccnn1. The Labute approximate surface area is 135 Å². The molecule has 0 radical (unpaired) electrons. The first kappa shape index (κ1) is 15.7. The Morgan fingerprint density at radius 3 is 3.13 bits per heavy atom. The highest BCUT2D eigenvalue weighted by molar-refractivity contribution is 5.75. The Kier molecular flexibility index (Phi) is 5.36. The topological polar surface area (TPSA) is 89.7 Å². The molecule has 2 N–H and O–H groups in total. The Balaban J connectivity index is 1.38. The largest absolute Gasteiger partial charge is 0.354 e. The van der Waals surface area contributed by atoms with Gasteiger partial charge in [-0.3, -0.25) is 14.2 Å². The number of rotatable bonds is 7. The summed E-state index contributed by atoms with van der Waals surface area (Å²) in [5.74, 6) is 0.454. The maximum atomic E-state index is 11.9. The lowest BCUT2D eigenvalue weighted by Crippen LogP contribution is -2.30. The molecule has 8 heteroatoms. The van der Waals surface area contributed by atoms with Crippen LogP contribution in [0.25, 0.3) is 0 Å². The molecule has 0 aromatic carbocycles. The van der Waals surface area contributed by atoms with Crippen molar-refractivity contribution in [2.45, 2.75) is 38.3 Å². The number of aromatic nitrogens is 5. The first-order valence-electron chi connectivity index (χ1n) is 8.16. The monoisotopic (exact) mass is 317 g/mol. The second-order valence-electron chi connectivity index (χ2n) is 5.85. The van der Waals surface area contributed by atoms with Crippen LogP contribution < -0.4 is 10.6 Å². The lowest BCUT2D eigenvalue weighted by molar-refractivity contribution is -0.121. The fraction of sp³-hybridized carbons (Fsp3) is 0.600. The van der Waals surface area contributed by atoms with Crippen LogP contribution in [-0.2, 0) is 17.9 Å². The van der Waals surface area contributed by atoms with Gasteiger partial charge in [0.1, 0.15) is 6.54 Å². The van der Waals surface area contributed by atoms with Crippen LogP contribution in [0.2, 0.25) is 0 Å². The molecule has 3 rings (SSSR count). The fourth-order valence-electron chi connectivity index (χ4n) is 2.81. The minimum absolute atomic E-state index is 0.0139. The van der Waals surface area contributed by atoms with Crippen molar-refractivity contribution >= 4 is 5.91 Å². The van der Waals surface area contributed by atoms with Gasteiger partial charge in [-0.15, -0.1) is 5.10 Å². The van der Waals surface area contributed by atoms with E-state index in [-0.39, 0.29) is 12.5 Å². The quantitative estimate of drug-likeness (QED) is 0.710. The molecule has 2 aromatic heterocycles. The summed E-state index contributed by atoms with van der Waals surface area (Å²) in [7, 11) is 0. The van der Waals surface area contributed by atoms with E-state index in [0.717, 1.165) is 31.7 Å². The van der Waals surface area contributed by atoms with Gasteiger partial charge >= 0.3 is 0 Å². The summed E-state index contributed by atoms with van der Waals surface area (Å²) in [5, 5.41) is 18.5. The zero-order chi connectivity index (χ0) is 15.9. The highest BCUT2D eigenvalue weighted by Gasteiger charge is 2.17. The van der Waals surface area contributed by atoms with Crippen LogP contribution in [0.5, 0.6) is 0 Å². The summed E-state index contributed by atoms with van der Waals surface area (Å²) >= 11 is 0. The van der Waals surface area contributed by atoms with Crippen LogP contribution in [0.15, 0.2) is 24.7 Å². The molecule has 0 spiro atoms. The molecule has 1 aliphatic heterocycles. The third-order valence-electron chi connectivity index (χ3n) is 4.04. The van der Waals surface area contributed by atoms with E-state index in [0.29, 0.717) is 12.5 Å². The number of hydrogen-bond acceptors (Lipinski definition) is 5. The highest BCUT2D eigenvalue weighted by Crippen LogP contribution is 2.21. The van der Waals surface area contributed by atoms with E-state index in [9.17, 15) is 4.79 Å². The van der Waals surface area contributed by atoms with Gasteiger partial charge in [0.15, 0.2) is 0 Å². The molecule has 0 unspecified atom stereocenters. The van der Waals surface area contributed by atoms with Crippen molar-refractivity contribution in [3.05, 3.63) is 30.4 Å². The van der Waals surface area contributed by atoms with Gasteiger partial charge in [-0.25, -0.2) is 0 Å². The van der Waals surface area contributed by atoms with E-state index in [1.54, 1.807) is 15.6 Å². The van der Waals surface area contributed by atoms with Crippen LogP contribution in [-0.4, -0.2) is 50.3 Å². The van der Waals surface area contributed by atoms with Gasteiger partial charge in [0.25, 0.3) is 0 Å². The highest BCUT2D eigenvalue weighted by atomic mass is 16.2. The standard InChI is InChI=1S/C15H23N7O/c23-15(17-6-2-8-21-10-7-18-20-21)12-22-9-4-14(19-22)13-3-1-5-16-11-13/h4,7,9-10,13,16H,1-3,5-6,8,11-12H2,(H,17,23)/t13-/m1/s1. The summed E-state index contributed by atoms with van der Waals surface area (Å²) in [6, 6.07) is 2.02. The molecule has 2 aromatic rings. The van der Waals surface area contributed by atoms with E-state index in [1.807, 2.05) is 18.5 Å². The minimum Gasteiger partial charge on any atom is -0.354 e. The summed E-state index contributed by atoms with van der Waals surface area (Å²) in [6.45, 7) is 3.71. The maximum absolute atomic E-state index is 11.9. The maximum Gasteiger partial charge on any atom is 0.241 e. The molecule has 1 amide bonds. The Morgan fingerprint density at radius 1 is 1.39 bits per heavy atom. The summed E-state index contributed by atoms with van der Waals surface area (Å²) in [6.07, 6.45) is 8.53. The fourth-order valence-corrected chi connectivity index (χ4v) is 2.81. The zero-order valence-electron chi connectivity index (χ0n) is 13.2. The van der Waals surface area contributed by atoms with Gasteiger partial charge < -0.3 is 10.6 Å². The molecule has 1 aliphatic rings. The summed E-state index contributed by atoms with van der Waals surface area (Å²) in [4.78, 5) is 11.9. The number of carbonyl (C=O) groups excluding carboxylic acids is 1. The van der Waals surface area contributed by atoms with E-state index < -0.39 is 0 Å². The van der Waals surface area contributed by atoms with Crippen LogP contribution in [0.1, 0.15) is 30.9 Å². The Hall–Kier alpha value is -2.22. The van der Waals surface area contributed by atoms with E-state index >= 15 is 0 Å². The van der Waals surface area contributed by atoms with Gasteiger partial charge in [0.05, 0.1) is 11.9 Å². The predicted octanol–water partition coefficient (Wildman–Crippen LogP) is 0.148. The van der Waals surface area contributed by atoms with Crippen molar-refractivity contribution in [1.29, 1.82) is 0 Å². The molecule has 23 heavy (non-hydrogen) atoms. The number of hydrogen-bond donors (Lipinski definition) is 2. The van der Waals surface area contributed by atoms with Crippen LogP contribution in [0, 0.1) is 0 Å². The smallest absolute Gasteiger partial charge is 0.241 e. The Bertz CT molecular complexity index is 601. The molecule has 0 bridgehead atoms. The minimum atomic E-state index is -0.0139. The second-order valence-corrected chi connectivity index (χ2v) is 5.85. The van der Waals surface area contributed by atoms with Crippen molar-refractivity contribution in [3.8, 4) is 0 Å². The lowest BCUT2D eigenvalue weighted by atomic mass is 9.97. The van der Waals surface area contributed by atoms with Crippen molar-refractivity contribution in [1.82, 2.24) is 35.4 Å².